The van der Waals surface area contributed by atoms with E-state index < -0.39 is 15.8 Å². The molecule has 2 rings (SSSR count). The first kappa shape index (κ1) is 20.9. The number of benzene rings is 2. The van der Waals surface area contributed by atoms with Gasteiger partial charge in [-0.15, -0.1) is 0 Å². The van der Waals surface area contributed by atoms with Gasteiger partial charge in [0, 0.05) is 18.7 Å². The number of sulfonamides is 1. The Balaban J connectivity index is 2.02. The summed E-state index contributed by atoms with van der Waals surface area (Å²) in [5, 5.41) is 2.77. The largest absolute Gasteiger partial charge is 0.326 e. The Morgan fingerprint density at radius 3 is 2.07 bits per heavy atom. The van der Waals surface area contributed by atoms with Crippen LogP contribution in [-0.2, 0) is 20.2 Å². The zero-order chi connectivity index (χ0) is 20.2. The van der Waals surface area contributed by atoms with Crippen LogP contribution in [0.5, 0.6) is 0 Å². The van der Waals surface area contributed by atoms with Gasteiger partial charge in [-0.3, -0.25) is 9.10 Å². The summed E-state index contributed by atoms with van der Waals surface area (Å²) in [6, 6.07) is 12.7. The van der Waals surface area contributed by atoms with Gasteiger partial charge in [0.15, 0.2) is 0 Å². The average molecular weight is 392 g/mol. The number of rotatable bonds is 6. The molecule has 0 radical (unpaired) electrons. The van der Waals surface area contributed by atoms with E-state index in [1.54, 1.807) is 0 Å². The number of anilines is 2. The minimum Gasteiger partial charge on any atom is -0.326 e. The third-order valence-corrected chi connectivity index (χ3v) is 5.29. The fourth-order valence-corrected chi connectivity index (χ4v) is 3.50. The second kappa shape index (κ2) is 8.08. The molecule has 0 aliphatic carbocycles. The molecule has 2 aromatic rings. The van der Waals surface area contributed by atoms with Crippen molar-refractivity contribution in [3.05, 3.63) is 59.9 Å². The molecule has 5 nitrogen and oxygen atoms in total. The van der Waals surface area contributed by atoms with Crippen molar-refractivity contribution in [2.75, 3.05) is 22.4 Å². The van der Waals surface area contributed by atoms with Crippen molar-refractivity contribution in [3.8, 4) is 0 Å². The number of amides is 1. The summed E-state index contributed by atoms with van der Waals surface area (Å²) in [7, 11) is -3.59. The van der Waals surface area contributed by atoms with Gasteiger partial charge in [0.2, 0.25) is 15.9 Å². The van der Waals surface area contributed by atoms with Crippen molar-refractivity contribution in [2.24, 2.45) is 0 Å². The summed E-state index contributed by atoms with van der Waals surface area (Å²) >= 11 is 0. The molecule has 0 atom stereocenters. The van der Waals surface area contributed by atoms with E-state index in [1.165, 1.54) is 24.3 Å². The van der Waals surface area contributed by atoms with Crippen molar-refractivity contribution < 1.29 is 17.6 Å². The fourth-order valence-electron chi connectivity index (χ4n) is 2.57. The van der Waals surface area contributed by atoms with E-state index in [4.69, 9.17) is 0 Å². The highest BCUT2D eigenvalue weighted by molar-refractivity contribution is 7.92. The molecular weight excluding hydrogens is 367 g/mol. The van der Waals surface area contributed by atoms with Gasteiger partial charge < -0.3 is 5.32 Å². The third-order valence-electron chi connectivity index (χ3n) is 4.09. The van der Waals surface area contributed by atoms with Gasteiger partial charge in [-0.1, -0.05) is 32.9 Å². The summed E-state index contributed by atoms with van der Waals surface area (Å²) in [6.07, 6.45) is 1.03. The smallest absolute Gasteiger partial charge is 0.232 e. The third kappa shape index (κ3) is 6.06. The molecule has 0 heterocycles. The van der Waals surface area contributed by atoms with Crippen molar-refractivity contribution in [1.29, 1.82) is 0 Å². The molecule has 0 spiro atoms. The van der Waals surface area contributed by atoms with E-state index in [-0.39, 0.29) is 24.3 Å². The highest BCUT2D eigenvalue weighted by atomic mass is 32.2. The molecule has 27 heavy (non-hydrogen) atoms. The van der Waals surface area contributed by atoms with Crippen LogP contribution in [0.15, 0.2) is 48.5 Å². The molecule has 0 saturated carbocycles. The van der Waals surface area contributed by atoms with E-state index in [0.29, 0.717) is 11.4 Å². The fraction of sp³-hybridized carbons (Fsp3) is 0.350. The molecule has 2 aromatic carbocycles. The maximum absolute atomic E-state index is 13.1. The van der Waals surface area contributed by atoms with Crippen LogP contribution in [0.4, 0.5) is 15.8 Å². The average Bonchev–Trinajstić information content (AvgIpc) is 2.55. The standard InChI is InChI=1S/C20H25FN2O3S/c1-20(2,3)15-5-9-17(10-6-15)22-19(24)13-14-23(27(4,25)26)18-11-7-16(21)8-12-18/h5-12H,13-14H2,1-4H3,(H,22,24). The van der Waals surface area contributed by atoms with Crippen molar-refractivity contribution in [3.63, 3.8) is 0 Å². The number of nitrogens with zero attached hydrogens (tertiary/aromatic N) is 1. The van der Waals surface area contributed by atoms with Gasteiger partial charge >= 0.3 is 0 Å². The topological polar surface area (TPSA) is 66.5 Å². The van der Waals surface area contributed by atoms with Gasteiger partial charge in [-0.05, 0) is 47.4 Å². The predicted molar refractivity (Wildman–Crippen MR) is 107 cm³/mol. The van der Waals surface area contributed by atoms with Gasteiger partial charge in [-0.25, -0.2) is 12.8 Å². The maximum atomic E-state index is 13.1. The lowest BCUT2D eigenvalue weighted by molar-refractivity contribution is -0.116. The Morgan fingerprint density at radius 1 is 1.04 bits per heavy atom. The summed E-state index contributed by atoms with van der Waals surface area (Å²) in [4.78, 5) is 12.2. The lowest BCUT2D eigenvalue weighted by Gasteiger charge is -2.22. The number of carbonyl (C=O) groups excluding carboxylic acids is 1. The molecule has 0 aliphatic heterocycles. The van der Waals surface area contributed by atoms with Crippen LogP contribution >= 0.6 is 0 Å². The van der Waals surface area contributed by atoms with Crippen LogP contribution in [0, 0.1) is 5.82 Å². The summed E-state index contributed by atoms with van der Waals surface area (Å²) in [5.41, 5.74) is 2.15. The van der Waals surface area contributed by atoms with Gasteiger partial charge in [0.05, 0.1) is 11.9 Å². The lowest BCUT2D eigenvalue weighted by atomic mass is 9.87. The number of carbonyl (C=O) groups is 1. The normalized spacial score (nSPS) is 11.9. The number of hydrogen-bond donors (Lipinski definition) is 1. The first-order chi connectivity index (χ1) is 12.5. The second-order valence-electron chi connectivity index (χ2n) is 7.44. The zero-order valence-electron chi connectivity index (χ0n) is 16.0. The summed E-state index contributed by atoms with van der Waals surface area (Å²) in [6.45, 7) is 6.29. The van der Waals surface area contributed by atoms with Crippen molar-refractivity contribution >= 4 is 27.3 Å². The number of halogens is 1. The first-order valence-electron chi connectivity index (χ1n) is 8.60. The lowest BCUT2D eigenvalue weighted by Crippen LogP contribution is -2.33. The summed E-state index contributed by atoms with van der Waals surface area (Å²) in [5.74, 6) is -0.752. The van der Waals surface area contributed by atoms with Crippen molar-refractivity contribution in [1.82, 2.24) is 0 Å². The molecule has 146 valence electrons. The Morgan fingerprint density at radius 2 is 1.59 bits per heavy atom. The molecule has 0 unspecified atom stereocenters. The van der Waals surface area contributed by atoms with Crippen LogP contribution in [-0.4, -0.2) is 27.1 Å². The number of hydrogen-bond acceptors (Lipinski definition) is 3. The zero-order valence-corrected chi connectivity index (χ0v) is 16.8. The molecule has 7 heteroatoms. The Labute approximate surface area is 160 Å². The van der Waals surface area contributed by atoms with Crippen molar-refractivity contribution in [2.45, 2.75) is 32.6 Å². The molecule has 1 amide bonds. The SMILES string of the molecule is CC(C)(C)c1ccc(NC(=O)CCN(c2ccc(F)cc2)S(C)(=O)=O)cc1. The van der Waals surface area contributed by atoms with E-state index in [0.717, 1.165) is 16.1 Å². The van der Waals surface area contributed by atoms with E-state index in [2.05, 4.69) is 26.1 Å². The van der Waals surface area contributed by atoms with E-state index in [1.807, 2.05) is 24.3 Å². The maximum Gasteiger partial charge on any atom is 0.232 e. The molecule has 1 N–H and O–H groups in total. The molecule has 0 fully saturated rings. The Kier molecular flexibility index (Phi) is 6.26. The highest BCUT2D eigenvalue weighted by Crippen LogP contribution is 2.23. The van der Waals surface area contributed by atoms with E-state index >= 15 is 0 Å². The van der Waals surface area contributed by atoms with Gasteiger partial charge in [0.1, 0.15) is 5.82 Å². The first-order valence-corrected chi connectivity index (χ1v) is 10.5. The molecule has 0 aromatic heterocycles. The molecule has 0 aliphatic rings. The predicted octanol–water partition coefficient (Wildman–Crippen LogP) is 3.92. The Hall–Kier alpha value is -2.41. The highest BCUT2D eigenvalue weighted by Gasteiger charge is 2.19. The van der Waals surface area contributed by atoms with Crippen LogP contribution in [0.3, 0.4) is 0 Å². The van der Waals surface area contributed by atoms with Crippen LogP contribution in [0.1, 0.15) is 32.8 Å². The molecule has 0 bridgehead atoms. The van der Waals surface area contributed by atoms with Crippen LogP contribution < -0.4 is 9.62 Å². The minimum absolute atomic E-state index is 0.0215. The van der Waals surface area contributed by atoms with Crippen LogP contribution in [0.25, 0.3) is 0 Å². The van der Waals surface area contributed by atoms with E-state index in [9.17, 15) is 17.6 Å². The summed E-state index contributed by atoms with van der Waals surface area (Å²) < 4.78 is 38.2. The van der Waals surface area contributed by atoms with Crippen LogP contribution in [0.2, 0.25) is 0 Å². The molecule has 0 saturated heterocycles. The van der Waals surface area contributed by atoms with Gasteiger partial charge in [-0.2, -0.15) is 0 Å². The quantitative estimate of drug-likeness (QED) is 0.810. The minimum atomic E-state index is -3.59. The number of nitrogens with one attached hydrogen (secondary N) is 1. The molecular formula is C20H25FN2O3S. The van der Waals surface area contributed by atoms with Gasteiger partial charge in [0.25, 0.3) is 0 Å². The Bertz CT molecular complexity index is 886. The monoisotopic (exact) mass is 392 g/mol. The second-order valence-corrected chi connectivity index (χ2v) is 9.34.